The first-order valence-electron chi connectivity index (χ1n) is 12.9. The van der Waals surface area contributed by atoms with Crippen molar-refractivity contribution in [1.29, 1.82) is 0 Å². The number of ether oxygens (including phenoxy) is 3. The maximum atomic E-state index is 13.7. The van der Waals surface area contributed by atoms with E-state index in [4.69, 9.17) is 19.3 Å². The zero-order valence-electron chi connectivity index (χ0n) is 22.5. The fraction of sp³-hybridized carbons (Fsp3) is 0.483. The summed E-state index contributed by atoms with van der Waals surface area (Å²) in [5.41, 5.74) is 5.14. The maximum absolute atomic E-state index is 13.7. The van der Waals surface area contributed by atoms with E-state index in [2.05, 4.69) is 36.9 Å². The van der Waals surface area contributed by atoms with E-state index < -0.39 is 0 Å². The Hall–Kier alpha value is -3.39. The molecule has 2 heterocycles. The summed E-state index contributed by atoms with van der Waals surface area (Å²) in [6.07, 6.45) is 1.97. The van der Waals surface area contributed by atoms with Crippen LogP contribution in [0.2, 0.25) is 0 Å². The highest BCUT2D eigenvalue weighted by atomic mass is 16.5. The van der Waals surface area contributed by atoms with Crippen LogP contribution >= 0.6 is 0 Å². The summed E-state index contributed by atoms with van der Waals surface area (Å²) >= 11 is 0. The van der Waals surface area contributed by atoms with Crippen LogP contribution in [0.15, 0.2) is 41.5 Å². The first-order valence-corrected chi connectivity index (χ1v) is 12.9. The zero-order chi connectivity index (χ0) is 26.5. The monoisotopic (exact) mass is 507 g/mol. The highest BCUT2D eigenvalue weighted by Crippen LogP contribution is 2.39. The van der Waals surface area contributed by atoms with E-state index in [0.29, 0.717) is 50.5 Å². The Kier molecular flexibility index (Phi) is 8.48. The Morgan fingerprint density at radius 2 is 1.78 bits per heavy atom. The number of hydrogen-bond acceptors (Lipinski definition) is 7. The van der Waals surface area contributed by atoms with Gasteiger partial charge in [0.05, 0.1) is 45.0 Å². The van der Waals surface area contributed by atoms with Gasteiger partial charge >= 0.3 is 5.97 Å². The third kappa shape index (κ3) is 5.96. The number of amides is 1. The van der Waals surface area contributed by atoms with E-state index in [0.717, 1.165) is 22.4 Å². The fourth-order valence-corrected chi connectivity index (χ4v) is 5.23. The van der Waals surface area contributed by atoms with E-state index in [1.807, 2.05) is 25.1 Å². The minimum Gasteiger partial charge on any atom is -0.497 e. The molecule has 0 spiro atoms. The molecule has 2 aromatic rings. The predicted molar refractivity (Wildman–Crippen MR) is 142 cm³/mol. The molecule has 2 aliphatic rings. The lowest BCUT2D eigenvalue weighted by molar-refractivity contribution is -0.149. The molecule has 0 aliphatic carbocycles. The van der Waals surface area contributed by atoms with Crippen LogP contribution in [-0.2, 0) is 14.3 Å². The summed E-state index contributed by atoms with van der Waals surface area (Å²) in [6.45, 7) is 7.95. The third-order valence-corrected chi connectivity index (χ3v) is 7.22. The molecular weight excluding hydrogens is 470 g/mol. The number of esters is 1. The van der Waals surface area contributed by atoms with Crippen molar-refractivity contribution in [2.45, 2.75) is 46.1 Å². The molecule has 1 saturated heterocycles. The van der Waals surface area contributed by atoms with Crippen molar-refractivity contribution < 1.29 is 23.8 Å². The molecule has 0 radical (unpaired) electrons. The number of hydrazone groups is 1. The molecule has 8 heteroatoms. The van der Waals surface area contributed by atoms with Crippen molar-refractivity contribution in [1.82, 2.24) is 9.91 Å². The van der Waals surface area contributed by atoms with Crippen molar-refractivity contribution in [3.63, 3.8) is 0 Å². The van der Waals surface area contributed by atoms with E-state index >= 15 is 0 Å². The molecule has 1 unspecified atom stereocenters. The first kappa shape index (κ1) is 26.7. The van der Waals surface area contributed by atoms with Gasteiger partial charge in [0.2, 0.25) is 0 Å². The smallest absolute Gasteiger partial charge is 0.309 e. The van der Waals surface area contributed by atoms with Gasteiger partial charge in [-0.1, -0.05) is 23.8 Å². The highest BCUT2D eigenvalue weighted by molar-refractivity contribution is 6.04. The van der Waals surface area contributed by atoms with Crippen LogP contribution in [0.5, 0.6) is 11.5 Å². The molecule has 2 aromatic carbocycles. The summed E-state index contributed by atoms with van der Waals surface area (Å²) < 4.78 is 16.2. The number of nitrogens with zero attached hydrogens (tertiary/aromatic N) is 3. The Morgan fingerprint density at radius 1 is 1.03 bits per heavy atom. The average Bonchev–Trinajstić information content (AvgIpc) is 3.34. The predicted octanol–water partition coefficient (Wildman–Crippen LogP) is 4.27. The number of likely N-dealkylation sites (tertiary alicyclic amines) is 1. The summed E-state index contributed by atoms with van der Waals surface area (Å²) in [4.78, 5) is 27.9. The normalized spacial score (nSPS) is 18.5. The number of aryl methyl sites for hydroxylation is 2. The van der Waals surface area contributed by atoms with Gasteiger partial charge in [0.15, 0.2) is 0 Å². The van der Waals surface area contributed by atoms with Gasteiger partial charge in [-0.25, -0.2) is 5.01 Å². The van der Waals surface area contributed by atoms with Gasteiger partial charge in [0.1, 0.15) is 11.5 Å². The Labute approximate surface area is 219 Å². The van der Waals surface area contributed by atoms with Gasteiger partial charge in [0.25, 0.3) is 5.91 Å². The van der Waals surface area contributed by atoms with E-state index in [1.165, 1.54) is 5.56 Å². The van der Waals surface area contributed by atoms with Crippen LogP contribution in [-0.4, -0.2) is 68.0 Å². The molecule has 0 aromatic heterocycles. The molecule has 1 atom stereocenters. The molecule has 37 heavy (non-hydrogen) atoms. The van der Waals surface area contributed by atoms with Crippen LogP contribution in [0.4, 0.5) is 0 Å². The first-order chi connectivity index (χ1) is 17.8. The van der Waals surface area contributed by atoms with E-state index in [-0.39, 0.29) is 30.4 Å². The lowest BCUT2D eigenvalue weighted by Crippen LogP contribution is -2.43. The minimum atomic E-state index is -0.291. The number of rotatable bonds is 8. The van der Waals surface area contributed by atoms with Gasteiger partial charge in [-0.05, 0) is 64.4 Å². The number of hydrogen-bond donors (Lipinski definition) is 0. The van der Waals surface area contributed by atoms with Crippen LogP contribution in [0.25, 0.3) is 0 Å². The largest absolute Gasteiger partial charge is 0.497 e. The molecule has 1 fully saturated rings. The van der Waals surface area contributed by atoms with Crippen molar-refractivity contribution in [2.24, 2.45) is 11.0 Å². The van der Waals surface area contributed by atoms with Gasteiger partial charge in [-0.3, -0.25) is 14.5 Å². The lowest BCUT2D eigenvalue weighted by Gasteiger charge is -2.32. The lowest BCUT2D eigenvalue weighted by atomic mass is 9.94. The van der Waals surface area contributed by atoms with Crippen molar-refractivity contribution in [3.05, 3.63) is 58.7 Å². The number of piperidine rings is 1. The number of methoxy groups -OCH3 is 2. The van der Waals surface area contributed by atoms with Gasteiger partial charge in [-0.15, -0.1) is 0 Å². The van der Waals surface area contributed by atoms with Gasteiger partial charge in [0, 0.05) is 23.6 Å². The number of benzene rings is 2. The standard InChI is InChI=1S/C29H37N3O5/c1-6-37-29(34)21-11-13-31(14-12-21)18-28(33)32-26(24-10-8-22(35-4)16-27(24)36-5)17-25(30-32)23-9-7-19(2)15-20(23)3/h7-10,15-16,21,26H,6,11-14,17-18H2,1-5H3. The second-order valence-electron chi connectivity index (χ2n) is 9.73. The van der Waals surface area contributed by atoms with E-state index in [1.54, 1.807) is 19.2 Å². The SMILES string of the molecule is CCOC(=O)C1CCN(CC(=O)N2N=C(c3ccc(C)cc3C)CC2c2ccc(OC)cc2OC)CC1. The van der Waals surface area contributed by atoms with E-state index in [9.17, 15) is 9.59 Å². The number of carbonyl (C=O) groups excluding carboxylic acids is 2. The second-order valence-corrected chi connectivity index (χ2v) is 9.73. The third-order valence-electron chi connectivity index (χ3n) is 7.22. The molecule has 4 rings (SSSR count). The number of carbonyl (C=O) groups is 2. The summed E-state index contributed by atoms with van der Waals surface area (Å²) in [5.74, 6) is 1.05. The molecule has 1 amide bonds. The zero-order valence-corrected chi connectivity index (χ0v) is 22.5. The summed E-state index contributed by atoms with van der Waals surface area (Å²) in [5, 5.41) is 6.49. The molecule has 8 nitrogen and oxygen atoms in total. The Balaban J connectivity index is 1.57. The van der Waals surface area contributed by atoms with Gasteiger partial charge < -0.3 is 14.2 Å². The minimum absolute atomic E-state index is 0.0720. The average molecular weight is 508 g/mol. The Bertz CT molecular complexity index is 1170. The quantitative estimate of drug-likeness (QED) is 0.497. The maximum Gasteiger partial charge on any atom is 0.309 e. The molecule has 0 N–H and O–H groups in total. The molecule has 2 aliphatic heterocycles. The Morgan fingerprint density at radius 3 is 2.43 bits per heavy atom. The van der Waals surface area contributed by atoms with Crippen LogP contribution in [0.1, 0.15) is 54.5 Å². The van der Waals surface area contributed by atoms with Crippen molar-refractivity contribution in [2.75, 3.05) is 40.5 Å². The molecule has 0 bridgehead atoms. The fourth-order valence-electron chi connectivity index (χ4n) is 5.23. The molecule has 0 saturated carbocycles. The highest BCUT2D eigenvalue weighted by Gasteiger charge is 2.36. The van der Waals surface area contributed by atoms with Crippen molar-refractivity contribution >= 4 is 17.6 Å². The molecular formula is C29H37N3O5. The summed E-state index contributed by atoms with van der Waals surface area (Å²) in [7, 11) is 3.24. The van der Waals surface area contributed by atoms with Gasteiger partial charge in [-0.2, -0.15) is 5.10 Å². The van der Waals surface area contributed by atoms with Crippen LogP contribution in [0.3, 0.4) is 0 Å². The van der Waals surface area contributed by atoms with Crippen LogP contribution < -0.4 is 9.47 Å². The van der Waals surface area contributed by atoms with Crippen LogP contribution in [0, 0.1) is 19.8 Å². The topological polar surface area (TPSA) is 80.7 Å². The summed E-state index contributed by atoms with van der Waals surface area (Å²) in [6, 6.07) is 11.7. The van der Waals surface area contributed by atoms with Crippen molar-refractivity contribution in [3.8, 4) is 11.5 Å². The molecule has 198 valence electrons. The second kappa shape index (κ2) is 11.8.